The van der Waals surface area contributed by atoms with Crippen molar-refractivity contribution < 1.29 is 73.5 Å². The van der Waals surface area contributed by atoms with Crippen LogP contribution in [0.1, 0.15) is 45.1 Å². The molecule has 0 aliphatic carbocycles. The highest BCUT2D eigenvalue weighted by Crippen LogP contribution is 2.27. The maximum Gasteiger partial charge on any atom is 0.317 e. The Balaban J connectivity index is 2.00. The van der Waals surface area contributed by atoms with E-state index in [1.807, 2.05) is 13.8 Å². The molecular weight excluding hydrogens is 820 g/mol. The molecule has 2 aliphatic heterocycles. The fraction of sp³-hybridized carbons (Fsp3) is 0.615. The summed E-state index contributed by atoms with van der Waals surface area (Å²) in [4.78, 5) is 114. The number of aliphatic carboxylic acids is 4. The number of fused-ring (bicyclic) bond motifs is 11. The first kappa shape index (κ1) is 52.2. The average Bonchev–Trinajstić information content (AvgIpc) is 3.18. The average molecular weight is 881 g/mol. The van der Waals surface area contributed by atoms with Crippen molar-refractivity contribution in [1.82, 2.24) is 41.4 Å². The summed E-state index contributed by atoms with van der Waals surface area (Å²) >= 11 is 0. The van der Waals surface area contributed by atoms with E-state index in [1.54, 1.807) is 29.7 Å². The Bertz CT molecular complexity index is 1610. The standard InChI is InChI=1S/C39H60N8O15/c1-25(2)17-29-28(38(59)44-61)5-3-16-62-27-8-6-26(7-9-27)18-30(43-37(29)58)39(60)42-19-31(48)40-10-4-11-41-32(49)20-45(12-14-46(21-33(50)51)22-34(52)53)13-15-47(23-35(54)55)24-36(56)57/h6-9,25,28-30,61H,3-5,10-24H2,1-2H3,(H,40,48)(H,41,49)(H,42,60)(H,43,58)(H,44,59)(H,50,51)(H,52,53)(H,54,55)(H,56,57)/t28?,29-,30?/m1/s1. The number of nitrogens with zero attached hydrogens (tertiary/aromatic N) is 3. The molecule has 0 radical (unpaired) electrons. The number of ether oxygens (including phenoxy) is 1. The number of benzene rings is 1. The molecule has 2 aliphatic rings. The van der Waals surface area contributed by atoms with Crippen LogP contribution < -0.4 is 31.5 Å². The van der Waals surface area contributed by atoms with Crippen LogP contribution in [0.3, 0.4) is 0 Å². The molecule has 10 N–H and O–H groups in total. The van der Waals surface area contributed by atoms with E-state index in [1.165, 1.54) is 4.90 Å². The predicted molar refractivity (Wildman–Crippen MR) is 217 cm³/mol. The summed E-state index contributed by atoms with van der Waals surface area (Å²) in [6.07, 6.45) is 1.23. The number of carboxylic acids is 4. The van der Waals surface area contributed by atoms with E-state index in [9.17, 15) is 48.4 Å². The van der Waals surface area contributed by atoms with Crippen molar-refractivity contribution in [2.24, 2.45) is 17.8 Å². The van der Waals surface area contributed by atoms with E-state index in [4.69, 9.17) is 25.2 Å². The van der Waals surface area contributed by atoms with E-state index in [2.05, 4.69) is 21.3 Å². The number of carbonyl (C=O) groups excluding carboxylic acids is 5. The molecule has 2 bridgehead atoms. The molecule has 2 heterocycles. The summed E-state index contributed by atoms with van der Waals surface area (Å²) in [5.74, 6) is -9.37. The quantitative estimate of drug-likeness (QED) is 0.0265. The normalized spacial score (nSPS) is 16.8. The fourth-order valence-corrected chi connectivity index (χ4v) is 6.68. The van der Waals surface area contributed by atoms with Gasteiger partial charge in [-0.05, 0) is 49.3 Å². The Labute approximate surface area is 358 Å². The first-order valence-electron chi connectivity index (χ1n) is 20.2. The van der Waals surface area contributed by atoms with Crippen LogP contribution in [0, 0.1) is 17.8 Å². The number of carboxylic acid groups (broad SMARTS) is 4. The van der Waals surface area contributed by atoms with Crippen molar-refractivity contribution in [3.63, 3.8) is 0 Å². The molecule has 1 aromatic rings. The molecule has 1 aromatic carbocycles. The van der Waals surface area contributed by atoms with Gasteiger partial charge in [0.15, 0.2) is 0 Å². The minimum atomic E-state index is -1.28. The Morgan fingerprint density at radius 2 is 1.24 bits per heavy atom. The number of amides is 5. The van der Waals surface area contributed by atoms with Crippen molar-refractivity contribution in [3.8, 4) is 5.75 Å². The van der Waals surface area contributed by atoms with Gasteiger partial charge in [0.25, 0.3) is 0 Å². The van der Waals surface area contributed by atoms with Crippen LogP contribution in [0.2, 0.25) is 0 Å². The third-order valence-corrected chi connectivity index (χ3v) is 9.61. The van der Waals surface area contributed by atoms with Crippen molar-refractivity contribution in [2.45, 2.75) is 52.0 Å². The van der Waals surface area contributed by atoms with Crippen LogP contribution >= 0.6 is 0 Å². The zero-order valence-corrected chi connectivity index (χ0v) is 35.0. The lowest BCUT2D eigenvalue weighted by molar-refractivity contribution is -0.143. The molecule has 0 saturated carbocycles. The SMILES string of the molecule is CC(C)C[C@H]1C(=O)NC(C(=O)NCC(=O)NCCCNC(=O)CN(CCN(CC(=O)O)CC(=O)O)CCN(CC(=O)O)CC(=O)O)Cc2ccc(cc2)OCCCC1C(=O)NO. The lowest BCUT2D eigenvalue weighted by Crippen LogP contribution is -2.53. The van der Waals surface area contributed by atoms with Gasteiger partial charge >= 0.3 is 23.9 Å². The number of hydrogen-bond acceptors (Lipinski definition) is 14. The highest BCUT2D eigenvalue weighted by atomic mass is 16.5. The number of carbonyl (C=O) groups is 9. The van der Waals surface area contributed by atoms with Crippen molar-refractivity contribution >= 4 is 53.4 Å². The summed E-state index contributed by atoms with van der Waals surface area (Å²) in [5.41, 5.74) is 2.34. The highest BCUT2D eigenvalue weighted by molar-refractivity contribution is 5.93. The third kappa shape index (κ3) is 21.6. The summed E-state index contributed by atoms with van der Waals surface area (Å²) in [7, 11) is 0. The van der Waals surface area contributed by atoms with Gasteiger partial charge in [-0.3, -0.25) is 63.1 Å². The molecular formula is C39H60N8O15. The van der Waals surface area contributed by atoms with E-state index in [0.717, 1.165) is 9.80 Å². The van der Waals surface area contributed by atoms with Crippen molar-refractivity contribution in [3.05, 3.63) is 29.8 Å². The fourth-order valence-electron chi connectivity index (χ4n) is 6.68. The number of hydrogen-bond donors (Lipinski definition) is 10. The lowest BCUT2D eigenvalue weighted by Gasteiger charge is -2.28. The molecule has 62 heavy (non-hydrogen) atoms. The Morgan fingerprint density at radius 3 is 1.74 bits per heavy atom. The Kier molecular flexibility index (Phi) is 23.5. The summed E-state index contributed by atoms with van der Waals surface area (Å²) in [5, 5.41) is 56.7. The van der Waals surface area contributed by atoms with Crippen LogP contribution in [0.15, 0.2) is 24.3 Å². The first-order valence-corrected chi connectivity index (χ1v) is 20.2. The van der Waals surface area contributed by atoms with Gasteiger partial charge in [-0.15, -0.1) is 0 Å². The van der Waals surface area contributed by atoms with Crippen LogP contribution in [0.25, 0.3) is 0 Å². The van der Waals surface area contributed by atoms with Gasteiger partial charge < -0.3 is 46.4 Å². The van der Waals surface area contributed by atoms with E-state index in [0.29, 0.717) is 17.7 Å². The molecule has 346 valence electrons. The van der Waals surface area contributed by atoms with E-state index < -0.39 is 104 Å². The monoisotopic (exact) mass is 880 g/mol. The second-order valence-electron chi connectivity index (χ2n) is 15.3. The maximum atomic E-state index is 13.7. The molecule has 23 nitrogen and oxygen atoms in total. The maximum absolute atomic E-state index is 13.7. The molecule has 0 saturated heterocycles. The summed E-state index contributed by atoms with van der Waals surface area (Å²) < 4.78 is 5.79. The molecule has 2 unspecified atom stereocenters. The number of rotatable bonds is 26. The van der Waals surface area contributed by atoms with Gasteiger partial charge in [0.1, 0.15) is 11.8 Å². The van der Waals surface area contributed by atoms with Gasteiger partial charge in [0, 0.05) is 51.6 Å². The Hall–Kier alpha value is -5.91. The second-order valence-corrected chi connectivity index (χ2v) is 15.3. The smallest absolute Gasteiger partial charge is 0.317 e. The van der Waals surface area contributed by atoms with Crippen LogP contribution in [-0.2, 0) is 49.6 Å². The van der Waals surface area contributed by atoms with Gasteiger partial charge in [-0.2, -0.15) is 0 Å². The zero-order valence-electron chi connectivity index (χ0n) is 35.0. The van der Waals surface area contributed by atoms with Crippen LogP contribution in [0.5, 0.6) is 5.75 Å². The number of nitrogens with one attached hydrogen (secondary N) is 5. The van der Waals surface area contributed by atoms with E-state index in [-0.39, 0.29) is 84.0 Å². The largest absolute Gasteiger partial charge is 0.494 e. The molecule has 3 atom stereocenters. The summed E-state index contributed by atoms with van der Waals surface area (Å²) in [6, 6.07) is 5.80. The Morgan fingerprint density at radius 1 is 0.726 bits per heavy atom. The number of hydroxylamine groups is 1. The minimum absolute atomic E-state index is 0.0129. The molecule has 0 spiro atoms. The first-order chi connectivity index (χ1) is 29.4. The molecule has 0 fully saturated rings. The summed E-state index contributed by atoms with van der Waals surface area (Å²) in [6.45, 7) is 0.849. The predicted octanol–water partition coefficient (Wildman–Crippen LogP) is -2.35. The molecule has 3 rings (SSSR count). The zero-order chi connectivity index (χ0) is 46.2. The lowest BCUT2D eigenvalue weighted by atomic mass is 9.81. The van der Waals surface area contributed by atoms with Crippen molar-refractivity contribution in [2.75, 3.05) is 85.1 Å². The van der Waals surface area contributed by atoms with E-state index >= 15 is 0 Å². The molecule has 5 amide bonds. The van der Waals surface area contributed by atoms with Crippen molar-refractivity contribution in [1.29, 1.82) is 0 Å². The second kappa shape index (κ2) is 27.8. The van der Waals surface area contributed by atoms with Gasteiger partial charge in [-0.25, -0.2) is 5.48 Å². The molecule has 23 heteroatoms. The third-order valence-electron chi connectivity index (χ3n) is 9.61. The molecule has 0 aromatic heterocycles. The minimum Gasteiger partial charge on any atom is -0.494 e. The van der Waals surface area contributed by atoms with Crippen LogP contribution in [0.4, 0.5) is 0 Å². The highest BCUT2D eigenvalue weighted by Gasteiger charge is 2.36. The van der Waals surface area contributed by atoms with Crippen LogP contribution in [-0.4, -0.2) is 185 Å². The van der Waals surface area contributed by atoms with Gasteiger partial charge in [0.2, 0.25) is 29.5 Å². The topological polar surface area (TPSA) is 334 Å². The van der Waals surface area contributed by atoms with Gasteiger partial charge in [-0.1, -0.05) is 26.0 Å². The van der Waals surface area contributed by atoms with Gasteiger partial charge in [0.05, 0.1) is 51.8 Å².